The summed E-state index contributed by atoms with van der Waals surface area (Å²) in [6.45, 7) is -0.646. The normalized spacial score (nSPS) is 11.3. The van der Waals surface area contributed by atoms with Crippen LogP contribution in [0.25, 0.3) is 0 Å². The highest BCUT2D eigenvalue weighted by Gasteiger charge is 2.33. The van der Waals surface area contributed by atoms with Gasteiger partial charge in [-0.2, -0.15) is 13.2 Å². The molecule has 0 aliphatic heterocycles. The zero-order valence-corrected chi connectivity index (χ0v) is 12.6. The average molecular weight is 341 g/mol. The zero-order valence-electron chi connectivity index (χ0n) is 12.6. The van der Waals surface area contributed by atoms with Gasteiger partial charge in [-0.15, -0.1) is 0 Å². The van der Waals surface area contributed by atoms with Crippen molar-refractivity contribution in [1.82, 2.24) is 14.5 Å². The van der Waals surface area contributed by atoms with Gasteiger partial charge in [0.05, 0.1) is 5.56 Å². The first-order chi connectivity index (χ1) is 11.2. The van der Waals surface area contributed by atoms with Gasteiger partial charge in [0, 0.05) is 25.9 Å². The first-order valence-corrected chi connectivity index (χ1v) is 6.87. The van der Waals surface area contributed by atoms with E-state index in [0.717, 1.165) is 27.8 Å². The smallest absolute Gasteiger partial charge is 0.340 e. The van der Waals surface area contributed by atoms with Gasteiger partial charge >= 0.3 is 11.9 Å². The molecule has 1 heterocycles. The second kappa shape index (κ2) is 6.73. The number of alkyl halides is 3. The number of rotatable bonds is 4. The molecule has 1 aromatic heterocycles. The van der Waals surface area contributed by atoms with Crippen molar-refractivity contribution in [3.05, 3.63) is 68.5 Å². The van der Waals surface area contributed by atoms with Crippen molar-refractivity contribution in [2.75, 3.05) is 7.05 Å². The zero-order chi connectivity index (χ0) is 17.9. The van der Waals surface area contributed by atoms with Gasteiger partial charge in [-0.05, 0) is 11.6 Å². The summed E-state index contributed by atoms with van der Waals surface area (Å²) in [5.41, 5.74) is -2.23. The summed E-state index contributed by atoms with van der Waals surface area (Å²) in [6.07, 6.45) is -3.37. The van der Waals surface area contributed by atoms with Gasteiger partial charge < -0.3 is 4.90 Å². The number of carbonyl (C=O) groups is 1. The number of hydrogen-bond acceptors (Lipinski definition) is 3. The van der Waals surface area contributed by atoms with E-state index in [1.54, 1.807) is 0 Å². The van der Waals surface area contributed by atoms with E-state index in [-0.39, 0.29) is 18.7 Å². The maximum absolute atomic E-state index is 13.0. The summed E-state index contributed by atoms with van der Waals surface area (Å²) < 4.78 is 39.8. The first-order valence-electron chi connectivity index (χ1n) is 6.87. The molecule has 0 atom stereocenters. The summed E-state index contributed by atoms with van der Waals surface area (Å²) >= 11 is 0. The summed E-state index contributed by atoms with van der Waals surface area (Å²) in [4.78, 5) is 37.7. The Hall–Kier alpha value is -2.84. The number of nitrogens with zero attached hydrogens (tertiary/aromatic N) is 2. The quantitative estimate of drug-likeness (QED) is 0.908. The maximum atomic E-state index is 13.0. The van der Waals surface area contributed by atoms with Crippen molar-refractivity contribution in [3.8, 4) is 0 Å². The Kier molecular flexibility index (Phi) is 4.91. The molecule has 0 spiro atoms. The molecule has 1 N–H and O–H groups in total. The standard InChI is InChI=1S/C15H14F3N3O3/c1-20(8-10-4-2-3-5-11(10)15(16,17)18)13(23)9-21-7-6-12(22)19-14(21)24/h2-7H,8-9H2,1H3,(H,19,22,24). The molecule has 0 saturated carbocycles. The molecule has 2 rings (SSSR count). The largest absolute Gasteiger partial charge is 0.416 e. The van der Waals surface area contributed by atoms with Crippen molar-refractivity contribution in [1.29, 1.82) is 0 Å². The number of H-pyrrole nitrogens is 1. The van der Waals surface area contributed by atoms with E-state index in [2.05, 4.69) is 0 Å². The molecule has 128 valence electrons. The van der Waals surface area contributed by atoms with Crippen LogP contribution in [0.15, 0.2) is 46.1 Å². The molecular weight excluding hydrogens is 327 g/mol. The van der Waals surface area contributed by atoms with Gasteiger partial charge in [0.1, 0.15) is 6.54 Å². The molecule has 0 unspecified atom stereocenters. The van der Waals surface area contributed by atoms with Crippen LogP contribution in [0, 0.1) is 0 Å². The molecular formula is C15H14F3N3O3. The van der Waals surface area contributed by atoms with Crippen LogP contribution in [0.4, 0.5) is 13.2 Å². The monoisotopic (exact) mass is 341 g/mol. The van der Waals surface area contributed by atoms with Gasteiger partial charge in [-0.25, -0.2) is 4.79 Å². The topological polar surface area (TPSA) is 75.2 Å². The van der Waals surface area contributed by atoms with E-state index in [4.69, 9.17) is 0 Å². The highest BCUT2D eigenvalue weighted by molar-refractivity contribution is 5.75. The van der Waals surface area contributed by atoms with Crippen LogP contribution in [0.5, 0.6) is 0 Å². The molecule has 1 amide bonds. The van der Waals surface area contributed by atoms with Gasteiger partial charge in [0.2, 0.25) is 5.91 Å². The number of aromatic amines is 1. The molecule has 0 bridgehead atoms. The average Bonchev–Trinajstić information content (AvgIpc) is 2.49. The Morgan fingerprint density at radius 1 is 1.21 bits per heavy atom. The fourth-order valence-corrected chi connectivity index (χ4v) is 2.11. The van der Waals surface area contributed by atoms with Crippen molar-refractivity contribution in [2.24, 2.45) is 0 Å². The Morgan fingerprint density at radius 3 is 2.50 bits per heavy atom. The Balaban J connectivity index is 2.15. The van der Waals surface area contributed by atoms with E-state index in [1.807, 2.05) is 4.98 Å². The number of hydrogen-bond donors (Lipinski definition) is 1. The minimum Gasteiger partial charge on any atom is -0.340 e. The minimum absolute atomic E-state index is 0.0466. The van der Waals surface area contributed by atoms with Gasteiger partial charge in [0.15, 0.2) is 0 Å². The fourth-order valence-electron chi connectivity index (χ4n) is 2.11. The molecule has 6 nitrogen and oxygen atoms in total. The third kappa shape index (κ3) is 4.12. The molecule has 0 aliphatic rings. The number of benzene rings is 1. The number of nitrogens with one attached hydrogen (secondary N) is 1. The second-order valence-corrected chi connectivity index (χ2v) is 5.14. The van der Waals surface area contributed by atoms with Crippen LogP contribution in [-0.4, -0.2) is 27.4 Å². The lowest BCUT2D eigenvalue weighted by Crippen LogP contribution is -2.36. The van der Waals surface area contributed by atoms with E-state index >= 15 is 0 Å². The first kappa shape index (κ1) is 17.5. The van der Waals surface area contributed by atoms with E-state index < -0.39 is 28.9 Å². The van der Waals surface area contributed by atoms with Gasteiger partial charge in [0.25, 0.3) is 5.56 Å². The number of amides is 1. The van der Waals surface area contributed by atoms with Crippen molar-refractivity contribution in [3.63, 3.8) is 0 Å². The molecule has 0 fully saturated rings. The Labute approximate surface area is 134 Å². The predicted octanol–water partition coefficient (Wildman–Crippen LogP) is 1.21. The van der Waals surface area contributed by atoms with Crippen LogP contribution in [-0.2, 0) is 24.1 Å². The Bertz CT molecular complexity index is 855. The predicted molar refractivity (Wildman–Crippen MR) is 79.2 cm³/mol. The molecule has 0 saturated heterocycles. The van der Waals surface area contributed by atoms with Crippen molar-refractivity contribution >= 4 is 5.91 Å². The van der Waals surface area contributed by atoms with Gasteiger partial charge in [-0.1, -0.05) is 18.2 Å². The molecule has 1 aromatic carbocycles. The maximum Gasteiger partial charge on any atom is 0.416 e. The van der Waals surface area contributed by atoms with Gasteiger partial charge in [-0.3, -0.25) is 19.1 Å². The van der Waals surface area contributed by atoms with E-state index in [0.29, 0.717) is 0 Å². The van der Waals surface area contributed by atoms with Crippen LogP contribution >= 0.6 is 0 Å². The molecule has 0 aliphatic carbocycles. The SMILES string of the molecule is CN(Cc1ccccc1C(F)(F)F)C(=O)Cn1ccc(=O)[nH]c1=O. The lowest BCUT2D eigenvalue weighted by molar-refractivity contribution is -0.139. The molecule has 24 heavy (non-hydrogen) atoms. The van der Waals surface area contributed by atoms with Crippen LogP contribution in [0.3, 0.4) is 0 Å². The van der Waals surface area contributed by atoms with Crippen molar-refractivity contribution in [2.45, 2.75) is 19.3 Å². The lowest BCUT2D eigenvalue weighted by atomic mass is 10.1. The third-order valence-electron chi connectivity index (χ3n) is 3.36. The highest BCUT2D eigenvalue weighted by atomic mass is 19.4. The van der Waals surface area contributed by atoms with Crippen LogP contribution in [0.1, 0.15) is 11.1 Å². The number of carbonyl (C=O) groups excluding carboxylic acids is 1. The molecule has 0 radical (unpaired) electrons. The highest BCUT2D eigenvalue weighted by Crippen LogP contribution is 2.32. The van der Waals surface area contributed by atoms with Crippen molar-refractivity contribution < 1.29 is 18.0 Å². The number of aromatic nitrogens is 2. The second-order valence-electron chi connectivity index (χ2n) is 5.14. The third-order valence-corrected chi connectivity index (χ3v) is 3.36. The summed E-state index contributed by atoms with van der Waals surface area (Å²) in [5, 5.41) is 0. The van der Waals surface area contributed by atoms with E-state index in [1.165, 1.54) is 25.2 Å². The van der Waals surface area contributed by atoms with Crippen LogP contribution in [0.2, 0.25) is 0 Å². The summed E-state index contributed by atoms with van der Waals surface area (Å²) in [7, 11) is 1.34. The summed E-state index contributed by atoms with van der Waals surface area (Å²) in [5.74, 6) is -0.568. The summed E-state index contributed by atoms with van der Waals surface area (Å²) in [6, 6.07) is 6.04. The molecule has 2 aromatic rings. The minimum atomic E-state index is -4.52. The van der Waals surface area contributed by atoms with E-state index in [9.17, 15) is 27.6 Å². The number of halogens is 3. The van der Waals surface area contributed by atoms with Crippen LogP contribution < -0.4 is 11.2 Å². The Morgan fingerprint density at radius 2 is 1.88 bits per heavy atom. The number of likely N-dealkylation sites (N-methyl/N-ethyl adjacent to an activating group) is 1. The molecule has 9 heteroatoms. The lowest BCUT2D eigenvalue weighted by Gasteiger charge is -2.20. The fraction of sp³-hybridized carbons (Fsp3) is 0.267.